The number of carbonyl (C=O) groups excluding carboxylic acids is 1. The normalized spacial score (nSPS) is 28.4. The second-order valence-electron chi connectivity index (χ2n) is 3.82. The van der Waals surface area contributed by atoms with Crippen LogP contribution >= 0.6 is 0 Å². The number of fused-ring (bicyclic) bond motifs is 1. The molecule has 1 unspecified atom stereocenters. The Hall–Kier alpha value is -1.66. The van der Waals surface area contributed by atoms with Gasteiger partial charge in [0, 0.05) is 19.3 Å². The molecule has 6 nitrogen and oxygen atoms in total. The smallest absolute Gasteiger partial charge is 0.239 e. The molecule has 0 aromatic heterocycles. The van der Waals surface area contributed by atoms with E-state index in [2.05, 4.69) is 15.7 Å². The molecule has 16 heavy (non-hydrogen) atoms. The zero-order valence-electron chi connectivity index (χ0n) is 8.76. The summed E-state index contributed by atoms with van der Waals surface area (Å²) in [5.41, 5.74) is 3.16. The zero-order valence-corrected chi connectivity index (χ0v) is 8.76. The van der Waals surface area contributed by atoms with Crippen molar-refractivity contribution in [1.29, 1.82) is 0 Å². The van der Waals surface area contributed by atoms with Crippen LogP contribution in [0.25, 0.3) is 0 Å². The lowest BCUT2D eigenvalue weighted by Gasteiger charge is -2.31. The molecule has 1 saturated heterocycles. The second kappa shape index (κ2) is 3.73. The standard InChI is InChI=1S/C10H13N5O/c16-9-7-11-4-6-14(9)10-12-8-3-1-2-5-15(8)13-10/h1-3,5,10-11,13H,4,6-7H2. The minimum atomic E-state index is -0.267. The SMILES string of the molecule is O=C1CNCCN1C1N=C2C=CC=CN2N1. The second-order valence-corrected chi connectivity index (χ2v) is 3.82. The van der Waals surface area contributed by atoms with E-state index in [-0.39, 0.29) is 12.2 Å². The largest absolute Gasteiger partial charge is 0.307 e. The number of piperazine rings is 1. The van der Waals surface area contributed by atoms with E-state index in [0.717, 1.165) is 12.4 Å². The first-order valence-corrected chi connectivity index (χ1v) is 5.33. The average Bonchev–Trinajstić information content (AvgIpc) is 2.73. The molecule has 0 radical (unpaired) electrons. The van der Waals surface area contributed by atoms with Gasteiger partial charge >= 0.3 is 0 Å². The summed E-state index contributed by atoms with van der Waals surface area (Å²) >= 11 is 0. The van der Waals surface area contributed by atoms with E-state index >= 15 is 0 Å². The van der Waals surface area contributed by atoms with Crippen LogP contribution < -0.4 is 10.7 Å². The number of nitrogens with one attached hydrogen (secondary N) is 2. The monoisotopic (exact) mass is 219 g/mol. The summed E-state index contributed by atoms with van der Waals surface area (Å²) in [6, 6.07) is 0. The number of hydrogen-bond acceptors (Lipinski definition) is 5. The Morgan fingerprint density at radius 1 is 1.44 bits per heavy atom. The minimum absolute atomic E-state index is 0.0842. The van der Waals surface area contributed by atoms with E-state index in [9.17, 15) is 4.79 Å². The Labute approximate surface area is 93.3 Å². The number of hydrazine groups is 1. The molecule has 3 heterocycles. The van der Waals surface area contributed by atoms with Crippen LogP contribution in [0.3, 0.4) is 0 Å². The van der Waals surface area contributed by atoms with Gasteiger partial charge in [-0.1, -0.05) is 6.08 Å². The summed E-state index contributed by atoms with van der Waals surface area (Å²) in [7, 11) is 0. The molecular formula is C10H13N5O. The quantitative estimate of drug-likeness (QED) is 0.594. The molecule has 1 fully saturated rings. The maximum atomic E-state index is 11.7. The van der Waals surface area contributed by atoms with Crippen LogP contribution in [-0.4, -0.2) is 47.6 Å². The van der Waals surface area contributed by atoms with Crippen LogP contribution in [0.4, 0.5) is 0 Å². The molecule has 2 N–H and O–H groups in total. The Kier molecular flexibility index (Phi) is 2.23. The average molecular weight is 219 g/mol. The molecule has 0 aromatic carbocycles. The van der Waals surface area contributed by atoms with E-state index in [1.54, 1.807) is 4.90 Å². The molecule has 0 bridgehead atoms. The van der Waals surface area contributed by atoms with Crippen LogP contribution in [0.1, 0.15) is 0 Å². The summed E-state index contributed by atoms with van der Waals surface area (Å²) in [5.74, 6) is 0.930. The maximum absolute atomic E-state index is 11.7. The van der Waals surface area contributed by atoms with Crippen molar-refractivity contribution < 1.29 is 4.79 Å². The minimum Gasteiger partial charge on any atom is -0.307 e. The van der Waals surface area contributed by atoms with Gasteiger partial charge in [-0.25, -0.2) is 4.99 Å². The first-order valence-electron chi connectivity index (χ1n) is 5.33. The topological polar surface area (TPSA) is 60.0 Å². The summed E-state index contributed by atoms with van der Waals surface area (Å²) < 4.78 is 0. The Bertz CT molecular complexity index is 400. The van der Waals surface area contributed by atoms with Crippen LogP contribution in [-0.2, 0) is 4.79 Å². The van der Waals surface area contributed by atoms with Crippen molar-refractivity contribution in [3.05, 3.63) is 24.4 Å². The summed E-state index contributed by atoms with van der Waals surface area (Å²) in [6.45, 7) is 1.91. The molecule has 3 aliphatic heterocycles. The summed E-state index contributed by atoms with van der Waals surface area (Å²) in [5, 5.41) is 4.87. The van der Waals surface area contributed by atoms with Gasteiger partial charge in [0.2, 0.25) is 5.91 Å². The van der Waals surface area contributed by atoms with Gasteiger partial charge in [-0.05, 0) is 12.2 Å². The van der Waals surface area contributed by atoms with Gasteiger partial charge in [0.15, 0.2) is 6.29 Å². The summed E-state index contributed by atoms with van der Waals surface area (Å²) in [6.07, 6.45) is 7.40. The molecule has 0 aliphatic carbocycles. The van der Waals surface area contributed by atoms with Crippen LogP contribution in [0.15, 0.2) is 29.4 Å². The van der Waals surface area contributed by atoms with Crippen molar-refractivity contribution >= 4 is 11.7 Å². The van der Waals surface area contributed by atoms with Gasteiger partial charge in [-0.3, -0.25) is 9.80 Å². The predicted octanol–water partition coefficient (Wildman–Crippen LogP) is -0.996. The highest BCUT2D eigenvalue weighted by Crippen LogP contribution is 2.13. The fraction of sp³-hybridized carbons (Fsp3) is 0.400. The predicted molar refractivity (Wildman–Crippen MR) is 59.1 cm³/mol. The molecule has 84 valence electrons. The molecule has 0 spiro atoms. The highest BCUT2D eigenvalue weighted by atomic mass is 16.2. The molecule has 3 aliphatic rings. The third-order valence-corrected chi connectivity index (χ3v) is 2.77. The molecule has 1 atom stereocenters. The lowest BCUT2D eigenvalue weighted by molar-refractivity contribution is -0.135. The molecule has 3 rings (SSSR count). The van der Waals surface area contributed by atoms with Gasteiger partial charge in [-0.2, -0.15) is 5.43 Å². The van der Waals surface area contributed by atoms with E-state index in [0.29, 0.717) is 13.1 Å². The fourth-order valence-corrected chi connectivity index (χ4v) is 1.95. The van der Waals surface area contributed by atoms with Crippen molar-refractivity contribution in [2.24, 2.45) is 4.99 Å². The molecule has 6 heteroatoms. The molecule has 0 aromatic rings. The first kappa shape index (κ1) is 9.56. The lowest BCUT2D eigenvalue weighted by Crippen LogP contribution is -2.56. The number of carbonyl (C=O) groups is 1. The van der Waals surface area contributed by atoms with Gasteiger partial charge in [0.25, 0.3) is 0 Å². The van der Waals surface area contributed by atoms with Crippen molar-refractivity contribution in [2.45, 2.75) is 6.29 Å². The number of nitrogens with zero attached hydrogens (tertiary/aromatic N) is 3. The highest BCUT2D eigenvalue weighted by Gasteiger charge is 2.31. The van der Waals surface area contributed by atoms with Gasteiger partial charge < -0.3 is 10.2 Å². The Morgan fingerprint density at radius 2 is 2.38 bits per heavy atom. The highest BCUT2D eigenvalue weighted by molar-refractivity contribution is 5.95. The van der Waals surface area contributed by atoms with Crippen LogP contribution in [0, 0.1) is 0 Å². The Balaban J connectivity index is 1.77. The van der Waals surface area contributed by atoms with Crippen molar-refractivity contribution in [3.8, 4) is 0 Å². The third kappa shape index (κ3) is 1.52. The van der Waals surface area contributed by atoms with Crippen molar-refractivity contribution in [2.75, 3.05) is 19.6 Å². The third-order valence-electron chi connectivity index (χ3n) is 2.77. The molecule has 0 saturated carbocycles. The number of hydrogen-bond donors (Lipinski definition) is 2. The van der Waals surface area contributed by atoms with Crippen LogP contribution in [0.2, 0.25) is 0 Å². The van der Waals surface area contributed by atoms with Gasteiger partial charge in [0.05, 0.1) is 6.54 Å². The number of allylic oxidation sites excluding steroid dienone is 2. The summed E-state index contributed by atoms with van der Waals surface area (Å²) in [4.78, 5) is 17.9. The van der Waals surface area contributed by atoms with Gasteiger partial charge in [0.1, 0.15) is 5.84 Å². The number of amidine groups is 1. The Morgan fingerprint density at radius 3 is 3.19 bits per heavy atom. The number of amides is 1. The zero-order chi connectivity index (χ0) is 11.0. The van der Waals surface area contributed by atoms with E-state index in [1.165, 1.54) is 0 Å². The first-order chi connectivity index (χ1) is 7.84. The van der Waals surface area contributed by atoms with Crippen molar-refractivity contribution in [1.82, 2.24) is 20.7 Å². The maximum Gasteiger partial charge on any atom is 0.239 e. The van der Waals surface area contributed by atoms with E-state index in [4.69, 9.17) is 0 Å². The van der Waals surface area contributed by atoms with Crippen LogP contribution in [0.5, 0.6) is 0 Å². The number of aliphatic imine (C=N–C) groups is 1. The molecule has 1 amide bonds. The van der Waals surface area contributed by atoms with Crippen molar-refractivity contribution in [3.63, 3.8) is 0 Å². The molecular weight excluding hydrogens is 206 g/mol. The van der Waals surface area contributed by atoms with E-state index in [1.807, 2.05) is 29.4 Å². The fourth-order valence-electron chi connectivity index (χ4n) is 1.95. The number of rotatable bonds is 1. The van der Waals surface area contributed by atoms with Gasteiger partial charge in [-0.15, -0.1) is 0 Å². The van der Waals surface area contributed by atoms with E-state index < -0.39 is 0 Å². The lowest BCUT2D eigenvalue weighted by atomic mass is 10.3.